The van der Waals surface area contributed by atoms with Crippen molar-refractivity contribution >= 4 is 0 Å². The van der Waals surface area contributed by atoms with Gasteiger partial charge in [-0.25, -0.2) is 0 Å². The Bertz CT molecular complexity index is 273. The van der Waals surface area contributed by atoms with E-state index in [0.29, 0.717) is 5.92 Å². The standard InChI is InChI=1S/C10H18N2O/c1-6-7(2)8-11-9(12-13-8)10(3,4)5/h7H,6H2,1-5H3. The van der Waals surface area contributed by atoms with Crippen molar-refractivity contribution in [1.29, 1.82) is 0 Å². The van der Waals surface area contributed by atoms with Crippen LogP contribution in [0.25, 0.3) is 0 Å². The van der Waals surface area contributed by atoms with Crippen LogP contribution in [0.3, 0.4) is 0 Å². The summed E-state index contributed by atoms with van der Waals surface area (Å²) >= 11 is 0. The van der Waals surface area contributed by atoms with Crippen molar-refractivity contribution in [2.45, 2.75) is 52.4 Å². The molecule has 1 aromatic heterocycles. The predicted octanol–water partition coefficient (Wildman–Crippen LogP) is 2.88. The molecule has 0 N–H and O–H groups in total. The van der Waals surface area contributed by atoms with Gasteiger partial charge in [-0.3, -0.25) is 0 Å². The van der Waals surface area contributed by atoms with Crippen LogP contribution in [0, 0.1) is 0 Å². The molecule has 0 aromatic carbocycles. The molecule has 0 amide bonds. The summed E-state index contributed by atoms with van der Waals surface area (Å²) in [5.41, 5.74) is -0.0186. The minimum absolute atomic E-state index is 0.0186. The normalized spacial score (nSPS) is 14.5. The first-order valence-electron chi connectivity index (χ1n) is 4.79. The molecule has 1 aromatic rings. The van der Waals surface area contributed by atoms with Crippen molar-refractivity contribution in [2.75, 3.05) is 0 Å². The lowest BCUT2D eigenvalue weighted by Crippen LogP contribution is -2.13. The molecule has 0 aliphatic rings. The van der Waals surface area contributed by atoms with Crippen LogP contribution in [-0.4, -0.2) is 10.1 Å². The van der Waals surface area contributed by atoms with Gasteiger partial charge in [-0.2, -0.15) is 4.98 Å². The van der Waals surface area contributed by atoms with Gasteiger partial charge < -0.3 is 4.52 Å². The lowest BCUT2D eigenvalue weighted by atomic mass is 9.96. The maximum Gasteiger partial charge on any atom is 0.229 e. The first kappa shape index (κ1) is 10.2. The van der Waals surface area contributed by atoms with Gasteiger partial charge in [0.05, 0.1) is 0 Å². The third kappa shape index (κ3) is 2.29. The molecule has 1 atom stereocenters. The highest BCUT2D eigenvalue weighted by Crippen LogP contribution is 2.22. The summed E-state index contributed by atoms with van der Waals surface area (Å²) in [4.78, 5) is 4.37. The topological polar surface area (TPSA) is 38.9 Å². The molecule has 1 unspecified atom stereocenters. The Balaban J connectivity index is 2.87. The molecule has 0 saturated heterocycles. The van der Waals surface area contributed by atoms with Gasteiger partial charge in [0.25, 0.3) is 0 Å². The second-order valence-electron chi connectivity index (χ2n) is 4.52. The van der Waals surface area contributed by atoms with Crippen LogP contribution in [0.1, 0.15) is 58.7 Å². The minimum atomic E-state index is -0.0186. The van der Waals surface area contributed by atoms with Crippen molar-refractivity contribution in [3.05, 3.63) is 11.7 Å². The van der Waals surface area contributed by atoms with E-state index in [1.165, 1.54) is 0 Å². The third-order valence-electron chi connectivity index (χ3n) is 2.15. The molecule has 0 fully saturated rings. The molecule has 0 aliphatic carbocycles. The molecule has 3 heteroatoms. The second kappa shape index (κ2) is 3.48. The summed E-state index contributed by atoms with van der Waals surface area (Å²) in [5.74, 6) is 1.92. The number of hydrogen-bond acceptors (Lipinski definition) is 3. The quantitative estimate of drug-likeness (QED) is 0.706. The van der Waals surface area contributed by atoms with Gasteiger partial charge in [-0.05, 0) is 6.42 Å². The van der Waals surface area contributed by atoms with Gasteiger partial charge in [-0.1, -0.05) is 39.8 Å². The zero-order valence-corrected chi connectivity index (χ0v) is 9.09. The van der Waals surface area contributed by atoms with Crippen molar-refractivity contribution < 1.29 is 4.52 Å². The lowest BCUT2D eigenvalue weighted by Gasteiger charge is -2.11. The molecule has 0 radical (unpaired) electrons. The average Bonchev–Trinajstić information content (AvgIpc) is 2.50. The molecular formula is C10H18N2O. The maximum atomic E-state index is 5.18. The van der Waals surface area contributed by atoms with E-state index in [1.54, 1.807) is 0 Å². The Labute approximate surface area is 79.5 Å². The highest BCUT2D eigenvalue weighted by molar-refractivity contribution is 5.01. The molecule has 0 bridgehead atoms. The fraction of sp³-hybridized carbons (Fsp3) is 0.800. The van der Waals surface area contributed by atoms with Crippen LogP contribution < -0.4 is 0 Å². The Hall–Kier alpha value is -0.860. The lowest BCUT2D eigenvalue weighted by molar-refractivity contribution is 0.345. The van der Waals surface area contributed by atoms with E-state index < -0.39 is 0 Å². The Morgan fingerprint density at radius 3 is 2.38 bits per heavy atom. The largest absolute Gasteiger partial charge is 0.339 e. The Morgan fingerprint density at radius 2 is 2.00 bits per heavy atom. The van der Waals surface area contributed by atoms with Crippen molar-refractivity contribution in [1.82, 2.24) is 10.1 Å². The van der Waals surface area contributed by atoms with E-state index in [4.69, 9.17) is 4.52 Å². The third-order valence-corrected chi connectivity index (χ3v) is 2.15. The van der Waals surface area contributed by atoms with E-state index in [0.717, 1.165) is 18.1 Å². The van der Waals surface area contributed by atoms with E-state index in [1.807, 2.05) is 0 Å². The van der Waals surface area contributed by atoms with Crippen LogP contribution >= 0.6 is 0 Å². The maximum absolute atomic E-state index is 5.18. The van der Waals surface area contributed by atoms with Crippen LogP contribution in [0.5, 0.6) is 0 Å². The van der Waals surface area contributed by atoms with E-state index in [-0.39, 0.29) is 5.41 Å². The van der Waals surface area contributed by atoms with E-state index in [9.17, 15) is 0 Å². The smallest absolute Gasteiger partial charge is 0.229 e. The summed E-state index contributed by atoms with van der Waals surface area (Å²) < 4.78 is 5.18. The van der Waals surface area contributed by atoms with Crippen molar-refractivity contribution in [3.63, 3.8) is 0 Å². The molecular weight excluding hydrogens is 164 g/mol. The first-order valence-corrected chi connectivity index (χ1v) is 4.79. The molecule has 3 nitrogen and oxygen atoms in total. The van der Waals surface area contributed by atoms with Gasteiger partial charge in [0.15, 0.2) is 5.82 Å². The SMILES string of the molecule is CCC(C)c1nc(C(C)(C)C)no1. The fourth-order valence-corrected chi connectivity index (χ4v) is 0.915. The monoisotopic (exact) mass is 182 g/mol. The highest BCUT2D eigenvalue weighted by Gasteiger charge is 2.22. The number of hydrogen-bond donors (Lipinski definition) is 0. The van der Waals surface area contributed by atoms with Gasteiger partial charge >= 0.3 is 0 Å². The number of aromatic nitrogens is 2. The molecule has 1 heterocycles. The summed E-state index contributed by atoms with van der Waals surface area (Å²) in [6, 6.07) is 0. The van der Waals surface area contributed by atoms with Gasteiger partial charge in [0.1, 0.15) is 0 Å². The predicted molar refractivity (Wildman–Crippen MR) is 51.7 cm³/mol. The van der Waals surface area contributed by atoms with Crippen LogP contribution in [0.15, 0.2) is 4.52 Å². The zero-order valence-electron chi connectivity index (χ0n) is 9.09. The second-order valence-corrected chi connectivity index (χ2v) is 4.52. The van der Waals surface area contributed by atoms with E-state index in [2.05, 4.69) is 44.8 Å². The van der Waals surface area contributed by atoms with Gasteiger partial charge in [-0.15, -0.1) is 0 Å². The molecule has 0 saturated carbocycles. The minimum Gasteiger partial charge on any atom is -0.339 e. The Morgan fingerprint density at radius 1 is 1.38 bits per heavy atom. The van der Waals surface area contributed by atoms with Gasteiger partial charge in [0, 0.05) is 11.3 Å². The molecule has 74 valence electrons. The van der Waals surface area contributed by atoms with Crippen LogP contribution in [0.4, 0.5) is 0 Å². The average molecular weight is 182 g/mol. The molecule has 13 heavy (non-hydrogen) atoms. The number of nitrogens with zero attached hydrogens (tertiary/aromatic N) is 2. The highest BCUT2D eigenvalue weighted by atomic mass is 16.5. The summed E-state index contributed by atoms with van der Waals surface area (Å²) in [5, 5.41) is 3.97. The fourth-order valence-electron chi connectivity index (χ4n) is 0.915. The summed E-state index contributed by atoms with van der Waals surface area (Å²) in [7, 11) is 0. The Kier molecular flexibility index (Phi) is 2.74. The van der Waals surface area contributed by atoms with E-state index >= 15 is 0 Å². The number of rotatable bonds is 2. The van der Waals surface area contributed by atoms with Crippen molar-refractivity contribution in [2.24, 2.45) is 0 Å². The molecule has 0 aliphatic heterocycles. The molecule has 1 rings (SSSR count). The zero-order chi connectivity index (χ0) is 10.1. The first-order chi connectivity index (χ1) is 5.95. The summed E-state index contributed by atoms with van der Waals surface area (Å²) in [6.45, 7) is 10.5. The van der Waals surface area contributed by atoms with Crippen LogP contribution in [0.2, 0.25) is 0 Å². The van der Waals surface area contributed by atoms with Crippen LogP contribution in [-0.2, 0) is 5.41 Å². The molecule has 0 spiro atoms. The summed E-state index contributed by atoms with van der Waals surface area (Å²) in [6.07, 6.45) is 1.03. The van der Waals surface area contributed by atoms with Crippen molar-refractivity contribution in [3.8, 4) is 0 Å². The van der Waals surface area contributed by atoms with Gasteiger partial charge in [0.2, 0.25) is 5.89 Å².